The number of likely N-dealkylation sites (N-methyl/N-ethyl adjacent to an activating group) is 1. The molecule has 1 atom stereocenters. The summed E-state index contributed by atoms with van der Waals surface area (Å²) in [6, 6.07) is 0.296. The van der Waals surface area contributed by atoms with Crippen molar-refractivity contribution < 1.29 is 0 Å². The Hall–Kier alpha value is -0.870. The van der Waals surface area contributed by atoms with Crippen molar-refractivity contribution in [3.05, 3.63) is 17.7 Å². The van der Waals surface area contributed by atoms with Crippen molar-refractivity contribution in [1.82, 2.24) is 14.5 Å². The zero-order valence-corrected chi connectivity index (χ0v) is 10.3. The molecule has 1 aliphatic rings. The van der Waals surface area contributed by atoms with Gasteiger partial charge < -0.3 is 15.2 Å². The molecule has 1 unspecified atom stereocenters. The molecule has 1 aliphatic heterocycles. The second-order valence-corrected chi connectivity index (χ2v) is 4.53. The van der Waals surface area contributed by atoms with Crippen LogP contribution in [0.15, 0.2) is 6.33 Å². The Kier molecular flexibility index (Phi) is 3.61. The molecule has 0 radical (unpaired) electrons. The number of nitrogens with two attached hydrogens (primary N) is 1. The molecule has 0 aromatic carbocycles. The van der Waals surface area contributed by atoms with E-state index in [4.69, 9.17) is 5.73 Å². The summed E-state index contributed by atoms with van der Waals surface area (Å²) in [5, 5.41) is 0. The maximum Gasteiger partial charge on any atom is 0.0952 e. The predicted molar refractivity (Wildman–Crippen MR) is 65.4 cm³/mol. The summed E-state index contributed by atoms with van der Waals surface area (Å²) in [6.07, 6.45) is 3.99. The number of hydrogen-bond acceptors (Lipinski definition) is 3. The zero-order valence-electron chi connectivity index (χ0n) is 10.3. The van der Waals surface area contributed by atoms with Crippen LogP contribution in [0.25, 0.3) is 0 Å². The van der Waals surface area contributed by atoms with E-state index in [-0.39, 0.29) is 0 Å². The maximum absolute atomic E-state index is 5.95. The van der Waals surface area contributed by atoms with Crippen LogP contribution in [-0.4, -0.2) is 40.1 Å². The second kappa shape index (κ2) is 4.97. The minimum absolute atomic E-state index is 0.296. The van der Waals surface area contributed by atoms with Gasteiger partial charge in [-0.25, -0.2) is 4.98 Å². The van der Waals surface area contributed by atoms with E-state index >= 15 is 0 Å². The molecular weight excluding hydrogens is 200 g/mol. The molecule has 2 heterocycles. The van der Waals surface area contributed by atoms with E-state index in [2.05, 4.69) is 28.3 Å². The molecule has 1 aromatic rings. The van der Waals surface area contributed by atoms with Gasteiger partial charge in [-0.1, -0.05) is 13.8 Å². The Balaban J connectivity index is 1.96. The molecule has 0 saturated heterocycles. The highest BCUT2D eigenvalue weighted by molar-refractivity contribution is 5.18. The molecule has 4 heteroatoms. The molecular formula is C12H22N4. The minimum Gasteiger partial charge on any atom is -0.333 e. The molecule has 16 heavy (non-hydrogen) atoms. The minimum atomic E-state index is 0.296. The van der Waals surface area contributed by atoms with Gasteiger partial charge in [0.1, 0.15) is 0 Å². The van der Waals surface area contributed by atoms with Crippen LogP contribution in [-0.2, 0) is 19.4 Å². The van der Waals surface area contributed by atoms with E-state index in [9.17, 15) is 0 Å². The topological polar surface area (TPSA) is 47.1 Å². The largest absolute Gasteiger partial charge is 0.333 e. The van der Waals surface area contributed by atoms with Gasteiger partial charge in [0.05, 0.1) is 12.0 Å². The molecule has 0 amide bonds. The van der Waals surface area contributed by atoms with Gasteiger partial charge in [-0.2, -0.15) is 0 Å². The van der Waals surface area contributed by atoms with Gasteiger partial charge in [0.2, 0.25) is 0 Å². The van der Waals surface area contributed by atoms with Gasteiger partial charge >= 0.3 is 0 Å². The lowest BCUT2D eigenvalue weighted by atomic mass is 10.1. The Morgan fingerprint density at radius 1 is 1.50 bits per heavy atom. The standard InChI is InChI=1S/C12H22N4/c1-3-15(4-2)6-5-11-12-7-10(13)8-16(12)9-14-11/h9-10H,3-8,13H2,1-2H3. The van der Waals surface area contributed by atoms with E-state index in [0.717, 1.165) is 39.0 Å². The van der Waals surface area contributed by atoms with Crippen LogP contribution in [0, 0.1) is 0 Å². The van der Waals surface area contributed by atoms with E-state index in [0.29, 0.717) is 6.04 Å². The number of rotatable bonds is 5. The lowest BCUT2D eigenvalue weighted by molar-refractivity contribution is 0.307. The Bertz CT molecular complexity index is 341. The maximum atomic E-state index is 5.95. The van der Waals surface area contributed by atoms with Crippen molar-refractivity contribution in [1.29, 1.82) is 0 Å². The summed E-state index contributed by atoms with van der Waals surface area (Å²) in [4.78, 5) is 6.92. The molecule has 0 spiro atoms. The summed E-state index contributed by atoms with van der Waals surface area (Å²) in [5.74, 6) is 0. The Morgan fingerprint density at radius 3 is 2.94 bits per heavy atom. The molecule has 4 nitrogen and oxygen atoms in total. The van der Waals surface area contributed by atoms with Crippen LogP contribution >= 0.6 is 0 Å². The Labute approximate surface area is 97.4 Å². The fourth-order valence-electron chi connectivity index (χ4n) is 2.42. The molecule has 0 fully saturated rings. The van der Waals surface area contributed by atoms with Gasteiger partial charge in [-0.15, -0.1) is 0 Å². The highest BCUT2D eigenvalue weighted by Crippen LogP contribution is 2.18. The number of nitrogens with zero attached hydrogens (tertiary/aromatic N) is 3. The van der Waals surface area contributed by atoms with Crippen molar-refractivity contribution in [3.8, 4) is 0 Å². The van der Waals surface area contributed by atoms with Crippen molar-refractivity contribution in [2.24, 2.45) is 5.73 Å². The first-order valence-corrected chi connectivity index (χ1v) is 6.25. The van der Waals surface area contributed by atoms with Crippen LogP contribution in [0.5, 0.6) is 0 Å². The van der Waals surface area contributed by atoms with Crippen molar-refractivity contribution in [2.45, 2.75) is 39.3 Å². The zero-order chi connectivity index (χ0) is 11.5. The van der Waals surface area contributed by atoms with Gasteiger partial charge in [0.25, 0.3) is 0 Å². The molecule has 0 bridgehead atoms. The van der Waals surface area contributed by atoms with Gasteiger partial charge in [-0.05, 0) is 13.1 Å². The van der Waals surface area contributed by atoms with Crippen LogP contribution in [0.2, 0.25) is 0 Å². The molecule has 90 valence electrons. The van der Waals surface area contributed by atoms with Gasteiger partial charge in [0, 0.05) is 37.7 Å². The fourth-order valence-corrected chi connectivity index (χ4v) is 2.42. The average molecular weight is 222 g/mol. The van der Waals surface area contributed by atoms with E-state index in [1.807, 2.05) is 6.33 Å². The highest BCUT2D eigenvalue weighted by Gasteiger charge is 2.21. The summed E-state index contributed by atoms with van der Waals surface area (Å²) in [5.41, 5.74) is 8.56. The van der Waals surface area contributed by atoms with Crippen LogP contribution in [0.1, 0.15) is 25.2 Å². The lowest BCUT2D eigenvalue weighted by Crippen LogP contribution is -2.25. The second-order valence-electron chi connectivity index (χ2n) is 4.53. The molecule has 2 rings (SSSR count). The smallest absolute Gasteiger partial charge is 0.0952 e. The van der Waals surface area contributed by atoms with E-state index < -0.39 is 0 Å². The quantitative estimate of drug-likeness (QED) is 0.796. The van der Waals surface area contributed by atoms with Gasteiger partial charge in [-0.3, -0.25) is 0 Å². The fraction of sp³-hybridized carbons (Fsp3) is 0.750. The number of imidazole rings is 1. The summed E-state index contributed by atoms with van der Waals surface area (Å²) in [6.45, 7) is 8.69. The molecule has 0 saturated carbocycles. The SMILES string of the molecule is CCN(CC)CCc1ncn2c1CC(N)C2. The summed E-state index contributed by atoms with van der Waals surface area (Å²) < 4.78 is 2.21. The van der Waals surface area contributed by atoms with Crippen LogP contribution in [0.4, 0.5) is 0 Å². The first kappa shape index (κ1) is 11.6. The first-order chi connectivity index (χ1) is 7.74. The van der Waals surface area contributed by atoms with Crippen molar-refractivity contribution in [2.75, 3.05) is 19.6 Å². The first-order valence-electron chi connectivity index (χ1n) is 6.25. The third-order valence-electron chi connectivity index (χ3n) is 3.48. The van der Waals surface area contributed by atoms with Gasteiger partial charge in [0.15, 0.2) is 0 Å². The lowest BCUT2D eigenvalue weighted by Gasteiger charge is -2.17. The normalized spacial score (nSPS) is 19.4. The number of hydrogen-bond donors (Lipinski definition) is 1. The number of aromatic nitrogens is 2. The molecule has 0 aliphatic carbocycles. The third kappa shape index (κ3) is 2.28. The van der Waals surface area contributed by atoms with Crippen molar-refractivity contribution in [3.63, 3.8) is 0 Å². The van der Waals surface area contributed by atoms with Crippen LogP contribution < -0.4 is 5.73 Å². The monoisotopic (exact) mass is 222 g/mol. The van der Waals surface area contributed by atoms with Crippen LogP contribution in [0.3, 0.4) is 0 Å². The highest BCUT2D eigenvalue weighted by atomic mass is 15.1. The number of fused-ring (bicyclic) bond motifs is 1. The van der Waals surface area contributed by atoms with E-state index in [1.54, 1.807) is 0 Å². The third-order valence-corrected chi connectivity index (χ3v) is 3.48. The summed E-state index contributed by atoms with van der Waals surface area (Å²) >= 11 is 0. The summed E-state index contributed by atoms with van der Waals surface area (Å²) in [7, 11) is 0. The molecule has 2 N–H and O–H groups in total. The Morgan fingerprint density at radius 2 is 2.25 bits per heavy atom. The average Bonchev–Trinajstić information content (AvgIpc) is 2.80. The van der Waals surface area contributed by atoms with E-state index in [1.165, 1.54) is 11.4 Å². The predicted octanol–water partition coefficient (Wildman–Crippen LogP) is 0.651. The molecule has 1 aromatic heterocycles. The van der Waals surface area contributed by atoms with Crippen molar-refractivity contribution >= 4 is 0 Å².